The van der Waals surface area contributed by atoms with Crippen molar-refractivity contribution in [2.45, 2.75) is 88.0 Å². The van der Waals surface area contributed by atoms with E-state index in [1.807, 2.05) is 12.1 Å². The van der Waals surface area contributed by atoms with Crippen LogP contribution in [0.1, 0.15) is 75.1 Å². The summed E-state index contributed by atoms with van der Waals surface area (Å²) in [7, 11) is 1.42. The van der Waals surface area contributed by atoms with Gasteiger partial charge >= 0.3 is 12.6 Å². The van der Waals surface area contributed by atoms with Gasteiger partial charge in [0.05, 0.1) is 18.3 Å². The molecule has 6 rings (SSSR count). The second kappa shape index (κ2) is 11.7. The summed E-state index contributed by atoms with van der Waals surface area (Å²) < 4.78 is 36.3. The maximum atomic E-state index is 13.6. The Morgan fingerprint density at radius 1 is 1.24 bits per heavy atom. The standard InChI is InChI=1S/C28H39F2N3O4S/c1-3-9-38-26-21(6-7-22(31-26)33-8-4-5-17(16-33)12-23(34)36-2)25(35)32-24-19-10-18-11-20(24)15-28(13-18,14-19)37-27(29)30/h6-7,17-20,24,27H,3-5,8-16H2,1-2H3,(H,32,35)/t17-,18?,19?,20?,24-,28-/m0/s1. The molecular weight excluding hydrogens is 512 g/mol. The van der Waals surface area contributed by atoms with Gasteiger partial charge in [-0.05, 0) is 92.9 Å². The number of alkyl halides is 2. The molecule has 1 saturated heterocycles. The van der Waals surface area contributed by atoms with E-state index in [0.29, 0.717) is 37.2 Å². The summed E-state index contributed by atoms with van der Waals surface area (Å²) in [6.45, 7) is 0.950. The van der Waals surface area contributed by atoms with Crippen LogP contribution in [0, 0.1) is 23.7 Å². The van der Waals surface area contributed by atoms with Crippen LogP contribution in [-0.4, -0.2) is 61.1 Å². The summed E-state index contributed by atoms with van der Waals surface area (Å²) in [5.41, 5.74) is -0.153. The van der Waals surface area contributed by atoms with Gasteiger partial charge in [0, 0.05) is 25.6 Å². The zero-order valence-electron chi connectivity index (χ0n) is 22.3. The summed E-state index contributed by atoms with van der Waals surface area (Å²) in [5, 5.41) is 4.02. The molecule has 210 valence electrons. The van der Waals surface area contributed by atoms with Crippen LogP contribution < -0.4 is 10.2 Å². The fraction of sp³-hybridized carbons (Fsp3) is 0.750. The Morgan fingerprint density at radius 3 is 2.68 bits per heavy atom. The van der Waals surface area contributed by atoms with E-state index in [4.69, 9.17) is 14.5 Å². The van der Waals surface area contributed by atoms with E-state index in [2.05, 4.69) is 17.1 Å². The number of nitrogens with one attached hydrogen (secondary N) is 1. The van der Waals surface area contributed by atoms with E-state index in [1.54, 1.807) is 11.8 Å². The van der Waals surface area contributed by atoms with E-state index in [-0.39, 0.29) is 35.7 Å². The number of amides is 1. The Labute approximate surface area is 227 Å². The Kier molecular flexibility index (Phi) is 8.48. The van der Waals surface area contributed by atoms with Crippen molar-refractivity contribution in [3.63, 3.8) is 0 Å². The molecule has 1 amide bonds. The summed E-state index contributed by atoms with van der Waals surface area (Å²) in [6.07, 6.45) is 7.14. The van der Waals surface area contributed by atoms with Gasteiger partial charge in [-0.25, -0.2) is 4.98 Å². The minimum absolute atomic E-state index is 0.0154. The van der Waals surface area contributed by atoms with Gasteiger partial charge in [-0.15, -0.1) is 11.8 Å². The third kappa shape index (κ3) is 5.96. The van der Waals surface area contributed by atoms with Gasteiger partial charge in [-0.2, -0.15) is 8.78 Å². The average molecular weight is 552 g/mol. The molecule has 7 nitrogen and oxygen atoms in total. The Morgan fingerprint density at radius 2 is 2.00 bits per heavy atom. The number of pyridine rings is 1. The minimum Gasteiger partial charge on any atom is -0.469 e. The zero-order chi connectivity index (χ0) is 26.9. The first-order valence-electron chi connectivity index (χ1n) is 14.0. The summed E-state index contributed by atoms with van der Waals surface area (Å²) in [6, 6.07) is 3.77. The lowest BCUT2D eigenvalue weighted by atomic mass is 9.52. The van der Waals surface area contributed by atoms with Gasteiger partial charge in [0.25, 0.3) is 5.91 Å². The van der Waals surface area contributed by atoms with Crippen LogP contribution >= 0.6 is 11.8 Å². The van der Waals surface area contributed by atoms with Crippen molar-refractivity contribution < 1.29 is 27.8 Å². The minimum atomic E-state index is -2.75. The van der Waals surface area contributed by atoms with Crippen LogP contribution in [0.25, 0.3) is 0 Å². The number of carbonyl (C=O) groups is 2. The number of carbonyl (C=O) groups excluding carboxylic acids is 2. The van der Waals surface area contributed by atoms with Gasteiger partial charge in [0.1, 0.15) is 10.8 Å². The number of hydrogen-bond acceptors (Lipinski definition) is 7. The van der Waals surface area contributed by atoms with Crippen LogP contribution in [0.4, 0.5) is 14.6 Å². The SMILES string of the molecule is CCCSc1nc(N2CCC[C@@H](CC(=O)OC)C2)ccc1C(=O)N[C@H]1C2CC3CC1C[C@](OC(F)F)(C3)C2. The quantitative estimate of drug-likeness (QED) is 0.313. The Hall–Kier alpha value is -1.94. The number of methoxy groups -OCH3 is 1. The number of nitrogens with zero attached hydrogens (tertiary/aromatic N) is 2. The molecule has 5 fully saturated rings. The van der Waals surface area contributed by atoms with Crippen LogP contribution in [0.5, 0.6) is 0 Å². The largest absolute Gasteiger partial charge is 0.469 e. The van der Waals surface area contributed by atoms with Crippen LogP contribution in [0.3, 0.4) is 0 Å². The number of rotatable bonds is 10. The predicted octanol–water partition coefficient (Wildman–Crippen LogP) is 5.28. The third-order valence-electron chi connectivity index (χ3n) is 8.91. The van der Waals surface area contributed by atoms with Crippen LogP contribution in [-0.2, 0) is 14.3 Å². The molecule has 1 N–H and O–H groups in total. The van der Waals surface area contributed by atoms with E-state index in [0.717, 1.165) is 61.8 Å². The average Bonchev–Trinajstić information content (AvgIpc) is 2.88. The fourth-order valence-corrected chi connectivity index (χ4v) is 8.47. The van der Waals surface area contributed by atoms with E-state index < -0.39 is 12.2 Å². The van der Waals surface area contributed by atoms with E-state index >= 15 is 0 Å². The molecule has 4 aliphatic carbocycles. The van der Waals surface area contributed by atoms with E-state index in [9.17, 15) is 18.4 Å². The molecule has 4 bridgehead atoms. The Balaban J connectivity index is 1.30. The lowest BCUT2D eigenvalue weighted by molar-refractivity contribution is -0.260. The highest BCUT2D eigenvalue weighted by Gasteiger charge is 2.57. The van der Waals surface area contributed by atoms with Crippen LogP contribution in [0.2, 0.25) is 0 Å². The molecule has 1 aromatic rings. The van der Waals surface area contributed by atoms with Crippen molar-refractivity contribution in [2.24, 2.45) is 23.7 Å². The molecule has 0 radical (unpaired) electrons. The molecule has 4 saturated carbocycles. The second-order valence-corrected chi connectivity index (χ2v) is 12.7. The monoisotopic (exact) mass is 551 g/mol. The molecule has 1 aromatic heterocycles. The molecule has 0 aromatic carbocycles. The third-order valence-corrected chi connectivity index (χ3v) is 10.1. The number of ether oxygens (including phenoxy) is 2. The lowest BCUT2D eigenvalue weighted by Crippen LogP contribution is -2.62. The number of hydrogen-bond donors (Lipinski definition) is 1. The van der Waals surface area contributed by atoms with Gasteiger partial charge in [-0.1, -0.05) is 6.92 Å². The van der Waals surface area contributed by atoms with Crippen molar-refractivity contribution in [1.29, 1.82) is 0 Å². The van der Waals surface area contributed by atoms with E-state index in [1.165, 1.54) is 7.11 Å². The second-order valence-electron chi connectivity index (χ2n) is 11.6. The lowest BCUT2D eigenvalue weighted by Gasteiger charge is -2.59. The smallest absolute Gasteiger partial charge is 0.345 e. The van der Waals surface area contributed by atoms with Crippen molar-refractivity contribution in [3.05, 3.63) is 17.7 Å². The topological polar surface area (TPSA) is 80.8 Å². The maximum Gasteiger partial charge on any atom is 0.345 e. The van der Waals surface area contributed by atoms with Gasteiger partial charge < -0.3 is 19.7 Å². The van der Waals surface area contributed by atoms with Crippen molar-refractivity contribution in [1.82, 2.24) is 10.3 Å². The van der Waals surface area contributed by atoms with Crippen molar-refractivity contribution in [2.75, 3.05) is 30.9 Å². The molecule has 1 aliphatic heterocycles. The number of halogens is 2. The molecule has 2 unspecified atom stereocenters. The highest BCUT2D eigenvalue weighted by atomic mass is 32.2. The first-order chi connectivity index (χ1) is 18.3. The summed E-state index contributed by atoms with van der Waals surface area (Å²) in [4.78, 5) is 32.5. The van der Waals surface area contributed by atoms with Crippen molar-refractivity contribution >= 4 is 29.5 Å². The molecular formula is C28H39F2N3O4S. The first-order valence-corrected chi connectivity index (χ1v) is 15.0. The molecule has 10 heteroatoms. The number of esters is 1. The highest BCUT2D eigenvalue weighted by molar-refractivity contribution is 7.99. The number of piperidine rings is 1. The summed E-state index contributed by atoms with van der Waals surface area (Å²) >= 11 is 1.59. The normalized spacial score (nSPS) is 32.0. The highest BCUT2D eigenvalue weighted by Crippen LogP contribution is 2.57. The summed E-state index contributed by atoms with van der Waals surface area (Å²) in [5.74, 6) is 2.33. The number of anilines is 1. The molecule has 38 heavy (non-hydrogen) atoms. The number of thioether (sulfide) groups is 1. The number of aromatic nitrogens is 1. The van der Waals surface area contributed by atoms with Gasteiger partial charge in [0.2, 0.25) is 0 Å². The fourth-order valence-electron chi connectivity index (χ4n) is 7.59. The molecule has 2 heterocycles. The first kappa shape index (κ1) is 27.6. The van der Waals surface area contributed by atoms with Gasteiger partial charge in [0.15, 0.2) is 0 Å². The van der Waals surface area contributed by atoms with Crippen molar-refractivity contribution in [3.8, 4) is 0 Å². The predicted molar refractivity (Wildman–Crippen MR) is 141 cm³/mol. The molecule has 0 spiro atoms. The molecule has 3 atom stereocenters. The van der Waals surface area contributed by atoms with Crippen LogP contribution in [0.15, 0.2) is 17.2 Å². The maximum absolute atomic E-state index is 13.6. The Bertz CT molecular complexity index is 1010. The molecule has 5 aliphatic rings. The zero-order valence-corrected chi connectivity index (χ0v) is 23.1. The van der Waals surface area contributed by atoms with Gasteiger partial charge in [-0.3, -0.25) is 9.59 Å².